The molecule has 1 aliphatic heterocycles. The maximum absolute atomic E-state index is 12.4. The first-order valence-electron chi connectivity index (χ1n) is 11.8. The van der Waals surface area contributed by atoms with Crippen molar-refractivity contribution < 1.29 is 4.79 Å². The lowest BCUT2D eigenvalue weighted by Gasteiger charge is -2.35. The maximum Gasteiger partial charge on any atom is 0.248 e. The van der Waals surface area contributed by atoms with Gasteiger partial charge in [-0.25, -0.2) is 15.0 Å². The van der Waals surface area contributed by atoms with Crippen LogP contribution in [-0.4, -0.2) is 47.0 Å². The lowest BCUT2D eigenvalue weighted by molar-refractivity contribution is -0.111. The number of aromatic nitrogens is 3. The predicted octanol–water partition coefficient (Wildman–Crippen LogP) is 4.62. The summed E-state index contributed by atoms with van der Waals surface area (Å²) in [6, 6.07) is 17.9. The zero-order valence-corrected chi connectivity index (χ0v) is 20.0. The molecule has 2 aromatic heterocycles. The Morgan fingerprint density at radius 1 is 0.914 bits per heavy atom. The third kappa shape index (κ3) is 5.30. The summed E-state index contributed by atoms with van der Waals surface area (Å²) in [5.41, 5.74) is 4.99. The highest BCUT2D eigenvalue weighted by molar-refractivity contribution is 6.03. The van der Waals surface area contributed by atoms with Gasteiger partial charge in [-0.3, -0.25) is 4.79 Å². The van der Waals surface area contributed by atoms with Crippen LogP contribution >= 0.6 is 0 Å². The van der Waals surface area contributed by atoms with Crippen molar-refractivity contribution in [3.8, 4) is 0 Å². The fourth-order valence-corrected chi connectivity index (χ4v) is 4.24. The first-order chi connectivity index (χ1) is 17.0. The van der Waals surface area contributed by atoms with E-state index in [1.807, 2.05) is 61.5 Å². The van der Waals surface area contributed by atoms with Crippen molar-refractivity contribution in [2.45, 2.75) is 13.8 Å². The van der Waals surface area contributed by atoms with Crippen molar-refractivity contribution in [3.63, 3.8) is 0 Å². The van der Waals surface area contributed by atoms with Crippen molar-refractivity contribution in [3.05, 3.63) is 89.8 Å². The molecule has 0 saturated carbocycles. The van der Waals surface area contributed by atoms with Crippen molar-refractivity contribution >= 4 is 40.3 Å². The van der Waals surface area contributed by atoms with E-state index >= 15 is 0 Å². The van der Waals surface area contributed by atoms with Gasteiger partial charge in [0.25, 0.3) is 0 Å². The summed E-state index contributed by atoms with van der Waals surface area (Å²) < 4.78 is 0. The van der Waals surface area contributed by atoms with Crippen LogP contribution in [0.2, 0.25) is 0 Å². The number of hydrogen-bond acceptors (Lipinski definition) is 6. The Balaban J connectivity index is 1.26. The zero-order chi connectivity index (χ0) is 24.2. The Labute approximate surface area is 205 Å². The molecule has 5 rings (SSSR count). The molecule has 1 N–H and O–H groups in total. The highest BCUT2D eigenvalue weighted by Crippen LogP contribution is 2.26. The fourth-order valence-electron chi connectivity index (χ4n) is 4.24. The Morgan fingerprint density at radius 3 is 2.37 bits per heavy atom. The van der Waals surface area contributed by atoms with Gasteiger partial charge in [0.15, 0.2) is 0 Å². The minimum Gasteiger partial charge on any atom is -0.353 e. The molecule has 0 atom stereocenters. The van der Waals surface area contributed by atoms with Crippen molar-refractivity contribution in [1.82, 2.24) is 15.0 Å². The van der Waals surface area contributed by atoms with Crippen molar-refractivity contribution in [2.24, 2.45) is 0 Å². The number of carbonyl (C=O) groups is 1. The van der Waals surface area contributed by atoms with Crippen LogP contribution in [0, 0.1) is 13.8 Å². The monoisotopic (exact) mass is 464 g/mol. The van der Waals surface area contributed by atoms with Crippen LogP contribution in [0.5, 0.6) is 0 Å². The molecule has 0 spiro atoms. The topological polar surface area (TPSA) is 74.2 Å². The number of hydrogen-bond donors (Lipinski definition) is 1. The Morgan fingerprint density at radius 2 is 1.63 bits per heavy atom. The number of fused-ring (bicyclic) bond motifs is 1. The molecule has 7 nitrogen and oxygen atoms in total. The molecule has 0 bridgehead atoms. The van der Waals surface area contributed by atoms with Crippen molar-refractivity contribution in [2.75, 3.05) is 41.3 Å². The normalized spacial score (nSPS) is 14.0. The summed E-state index contributed by atoms with van der Waals surface area (Å²) in [6.45, 7) is 7.55. The number of nitrogens with zero attached hydrogens (tertiary/aromatic N) is 5. The largest absolute Gasteiger partial charge is 0.353 e. The predicted molar refractivity (Wildman–Crippen MR) is 142 cm³/mol. The average Bonchev–Trinajstić information content (AvgIpc) is 2.89. The lowest BCUT2D eigenvalue weighted by atomic mass is 10.1. The number of aryl methyl sites for hydroxylation is 2. The van der Waals surface area contributed by atoms with E-state index in [9.17, 15) is 4.79 Å². The number of piperazine rings is 1. The Bertz CT molecular complexity index is 1360. The highest BCUT2D eigenvalue weighted by Gasteiger charge is 2.20. The van der Waals surface area contributed by atoms with Crippen LogP contribution in [0.25, 0.3) is 17.0 Å². The summed E-state index contributed by atoms with van der Waals surface area (Å²) in [5, 5.41) is 3.99. The molecule has 1 saturated heterocycles. The van der Waals surface area contributed by atoms with Gasteiger partial charge in [0.2, 0.25) is 11.9 Å². The zero-order valence-electron chi connectivity index (χ0n) is 20.0. The van der Waals surface area contributed by atoms with E-state index in [1.165, 1.54) is 5.56 Å². The number of amides is 1. The fraction of sp³-hybridized carbons (Fsp3) is 0.214. The summed E-state index contributed by atoms with van der Waals surface area (Å²) in [5.74, 6) is 1.59. The summed E-state index contributed by atoms with van der Waals surface area (Å²) >= 11 is 0. The molecule has 1 aliphatic rings. The molecule has 0 unspecified atom stereocenters. The van der Waals surface area contributed by atoms with E-state index in [1.54, 1.807) is 18.5 Å². The van der Waals surface area contributed by atoms with Gasteiger partial charge in [-0.05, 0) is 61.4 Å². The molecule has 2 aromatic carbocycles. The van der Waals surface area contributed by atoms with E-state index in [4.69, 9.17) is 4.98 Å². The maximum atomic E-state index is 12.4. The Kier molecular flexibility index (Phi) is 6.39. The summed E-state index contributed by atoms with van der Waals surface area (Å²) in [4.78, 5) is 30.6. The van der Waals surface area contributed by atoms with E-state index < -0.39 is 0 Å². The van der Waals surface area contributed by atoms with E-state index in [0.717, 1.165) is 65.7 Å². The molecule has 0 radical (unpaired) electrons. The van der Waals surface area contributed by atoms with E-state index in [0.29, 0.717) is 0 Å². The second-order valence-electron chi connectivity index (χ2n) is 8.79. The number of rotatable bonds is 5. The molecule has 4 aromatic rings. The second-order valence-corrected chi connectivity index (χ2v) is 8.79. The molecule has 176 valence electrons. The number of carbonyl (C=O) groups excluding carboxylic acids is 1. The van der Waals surface area contributed by atoms with Crippen LogP contribution < -0.4 is 15.1 Å². The number of anilines is 3. The van der Waals surface area contributed by atoms with Gasteiger partial charge in [-0.1, -0.05) is 29.8 Å². The first kappa shape index (κ1) is 22.5. The first-order valence-corrected chi connectivity index (χ1v) is 11.8. The molecule has 3 heterocycles. The minimum atomic E-state index is -0.160. The molecule has 1 fully saturated rings. The number of benzene rings is 2. The number of nitrogens with one attached hydrogen (secondary N) is 1. The summed E-state index contributed by atoms with van der Waals surface area (Å²) in [7, 11) is 0. The standard InChI is InChI=1S/C28H28N6O/c1-20-4-6-22(7-5-20)8-11-27(35)31-23-9-10-25-24(19-23)21(2)18-26(32-25)33-14-16-34(17-15-33)28-29-12-3-13-30-28/h3-13,18-19H,14-17H2,1-2H3,(H,31,35). The smallest absolute Gasteiger partial charge is 0.248 e. The van der Waals surface area contributed by atoms with Crippen LogP contribution in [-0.2, 0) is 4.79 Å². The van der Waals surface area contributed by atoms with Gasteiger partial charge < -0.3 is 15.1 Å². The van der Waals surface area contributed by atoms with Crippen LogP contribution in [0.1, 0.15) is 16.7 Å². The highest BCUT2D eigenvalue weighted by atomic mass is 16.1. The lowest BCUT2D eigenvalue weighted by Crippen LogP contribution is -2.47. The minimum absolute atomic E-state index is 0.160. The molecule has 7 heteroatoms. The average molecular weight is 465 g/mol. The Hall–Kier alpha value is -4.26. The third-order valence-electron chi connectivity index (χ3n) is 6.21. The van der Waals surface area contributed by atoms with E-state index in [2.05, 4.69) is 38.1 Å². The van der Waals surface area contributed by atoms with Gasteiger partial charge >= 0.3 is 0 Å². The van der Waals surface area contributed by atoms with Gasteiger partial charge in [0, 0.05) is 55.7 Å². The van der Waals surface area contributed by atoms with Crippen LogP contribution in [0.15, 0.2) is 73.1 Å². The van der Waals surface area contributed by atoms with Gasteiger partial charge in [-0.15, -0.1) is 0 Å². The van der Waals surface area contributed by atoms with Gasteiger partial charge in [0.1, 0.15) is 5.82 Å². The van der Waals surface area contributed by atoms with Gasteiger partial charge in [0.05, 0.1) is 5.52 Å². The quantitative estimate of drug-likeness (QED) is 0.435. The SMILES string of the molecule is Cc1ccc(C=CC(=O)Nc2ccc3nc(N4CCN(c5ncccn5)CC4)cc(C)c3c2)cc1. The summed E-state index contributed by atoms with van der Waals surface area (Å²) in [6.07, 6.45) is 6.93. The van der Waals surface area contributed by atoms with E-state index in [-0.39, 0.29) is 5.91 Å². The number of pyridine rings is 1. The van der Waals surface area contributed by atoms with Crippen molar-refractivity contribution in [1.29, 1.82) is 0 Å². The third-order valence-corrected chi connectivity index (χ3v) is 6.21. The molecular weight excluding hydrogens is 436 g/mol. The second kappa shape index (κ2) is 9.93. The van der Waals surface area contributed by atoms with Crippen LogP contribution in [0.4, 0.5) is 17.5 Å². The molecule has 35 heavy (non-hydrogen) atoms. The molecule has 0 aliphatic carbocycles. The van der Waals surface area contributed by atoms with Gasteiger partial charge in [-0.2, -0.15) is 0 Å². The molecule has 1 amide bonds. The molecular formula is C28H28N6O. The van der Waals surface area contributed by atoms with Crippen LogP contribution in [0.3, 0.4) is 0 Å².